The SMILES string of the molecule is CC1CN(Cc2ccccc2)CC1Nc1ccc(S(C)(=O)=O)cc1. The number of benzene rings is 2. The molecule has 0 bridgehead atoms. The third-order valence-corrected chi connectivity index (χ3v) is 5.70. The van der Waals surface area contributed by atoms with Crippen molar-refractivity contribution in [1.82, 2.24) is 4.90 Å². The molecule has 2 unspecified atom stereocenters. The number of sulfone groups is 1. The van der Waals surface area contributed by atoms with E-state index in [2.05, 4.69) is 41.4 Å². The van der Waals surface area contributed by atoms with Gasteiger partial charge in [-0.25, -0.2) is 8.42 Å². The van der Waals surface area contributed by atoms with Crippen LogP contribution in [-0.4, -0.2) is 38.7 Å². The van der Waals surface area contributed by atoms with Crippen molar-refractivity contribution >= 4 is 15.5 Å². The second-order valence-corrected chi connectivity index (χ2v) is 8.72. The zero-order valence-electron chi connectivity index (χ0n) is 14.1. The van der Waals surface area contributed by atoms with E-state index in [-0.39, 0.29) is 0 Å². The summed E-state index contributed by atoms with van der Waals surface area (Å²) in [5, 5.41) is 3.55. The van der Waals surface area contributed by atoms with Crippen LogP contribution in [0.4, 0.5) is 5.69 Å². The zero-order chi connectivity index (χ0) is 17.2. The van der Waals surface area contributed by atoms with E-state index in [0.29, 0.717) is 16.9 Å². The molecule has 24 heavy (non-hydrogen) atoms. The molecule has 0 aromatic heterocycles. The maximum absolute atomic E-state index is 11.5. The molecule has 0 saturated carbocycles. The highest BCUT2D eigenvalue weighted by Crippen LogP contribution is 2.23. The first-order valence-electron chi connectivity index (χ1n) is 8.25. The fourth-order valence-electron chi connectivity index (χ4n) is 3.24. The minimum atomic E-state index is -3.14. The van der Waals surface area contributed by atoms with E-state index >= 15 is 0 Å². The first-order chi connectivity index (χ1) is 11.4. The number of rotatable bonds is 5. The van der Waals surface area contributed by atoms with E-state index in [1.54, 1.807) is 12.1 Å². The van der Waals surface area contributed by atoms with Crippen molar-refractivity contribution in [3.63, 3.8) is 0 Å². The van der Waals surface area contributed by atoms with Crippen LogP contribution in [0.2, 0.25) is 0 Å². The van der Waals surface area contributed by atoms with Crippen molar-refractivity contribution in [2.75, 3.05) is 24.7 Å². The average molecular weight is 344 g/mol. The van der Waals surface area contributed by atoms with Crippen LogP contribution in [0.3, 0.4) is 0 Å². The highest BCUT2D eigenvalue weighted by molar-refractivity contribution is 7.90. The van der Waals surface area contributed by atoms with Crippen molar-refractivity contribution in [3.05, 3.63) is 60.2 Å². The molecule has 1 aliphatic heterocycles. The Morgan fingerprint density at radius 2 is 1.71 bits per heavy atom. The summed E-state index contributed by atoms with van der Waals surface area (Å²) >= 11 is 0. The van der Waals surface area contributed by atoms with Gasteiger partial charge in [0.05, 0.1) is 4.90 Å². The standard InChI is InChI=1S/C19H24N2O2S/c1-15-12-21(13-16-6-4-3-5-7-16)14-19(15)20-17-8-10-18(11-9-17)24(2,22)23/h3-11,15,19-20H,12-14H2,1-2H3. The molecule has 5 heteroatoms. The van der Waals surface area contributed by atoms with Crippen LogP contribution in [0.15, 0.2) is 59.5 Å². The van der Waals surface area contributed by atoms with Gasteiger partial charge in [0, 0.05) is 37.6 Å². The molecule has 2 aromatic rings. The lowest BCUT2D eigenvalue weighted by atomic mass is 10.1. The van der Waals surface area contributed by atoms with Crippen molar-refractivity contribution in [2.45, 2.75) is 24.4 Å². The molecule has 2 atom stereocenters. The van der Waals surface area contributed by atoms with Gasteiger partial charge in [0.1, 0.15) is 0 Å². The summed E-state index contributed by atoms with van der Waals surface area (Å²) in [6.07, 6.45) is 1.23. The minimum Gasteiger partial charge on any atom is -0.381 e. The predicted molar refractivity (Wildman–Crippen MR) is 97.8 cm³/mol. The number of hydrogen-bond acceptors (Lipinski definition) is 4. The molecule has 0 spiro atoms. The monoisotopic (exact) mass is 344 g/mol. The molecule has 0 radical (unpaired) electrons. The van der Waals surface area contributed by atoms with Crippen LogP contribution in [0.25, 0.3) is 0 Å². The summed E-state index contributed by atoms with van der Waals surface area (Å²) < 4.78 is 23.1. The number of anilines is 1. The van der Waals surface area contributed by atoms with E-state index in [0.717, 1.165) is 25.3 Å². The van der Waals surface area contributed by atoms with Gasteiger partial charge in [-0.2, -0.15) is 0 Å². The molecule has 3 rings (SSSR count). The average Bonchev–Trinajstić information content (AvgIpc) is 2.87. The maximum Gasteiger partial charge on any atom is 0.175 e. The highest BCUT2D eigenvalue weighted by Gasteiger charge is 2.29. The molecular formula is C19H24N2O2S. The lowest BCUT2D eigenvalue weighted by molar-refractivity contribution is 0.319. The van der Waals surface area contributed by atoms with Crippen LogP contribution in [0.5, 0.6) is 0 Å². The van der Waals surface area contributed by atoms with Gasteiger partial charge in [0.2, 0.25) is 0 Å². The lowest BCUT2D eigenvalue weighted by Crippen LogP contribution is -2.27. The summed E-state index contributed by atoms with van der Waals surface area (Å²) in [7, 11) is -3.14. The molecule has 2 aromatic carbocycles. The highest BCUT2D eigenvalue weighted by atomic mass is 32.2. The fraction of sp³-hybridized carbons (Fsp3) is 0.368. The third-order valence-electron chi connectivity index (χ3n) is 4.57. The van der Waals surface area contributed by atoms with Crippen molar-refractivity contribution in [1.29, 1.82) is 0 Å². The fourth-order valence-corrected chi connectivity index (χ4v) is 3.87. The Hall–Kier alpha value is -1.85. The summed E-state index contributed by atoms with van der Waals surface area (Å²) in [6.45, 7) is 5.28. The quantitative estimate of drug-likeness (QED) is 0.906. The second kappa shape index (κ2) is 6.95. The molecule has 0 aliphatic carbocycles. The van der Waals surface area contributed by atoms with Gasteiger partial charge in [0.15, 0.2) is 9.84 Å². The third kappa shape index (κ3) is 4.16. The van der Waals surface area contributed by atoms with Crippen molar-refractivity contribution in [3.8, 4) is 0 Å². The van der Waals surface area contributed by atoms with Gasteiger partial charge >= 0.3 is 0 Å². The molecular weight excluding hydrogens is 320 g/mol. The van der Waals surface area contributed by atoms with Crippen LogP contribution in [0.1, 0.15) is 12.5 Å². The van der Waals surface area contributed by atoms with Gasteiger partial charge in [-0.1, -0.05) is 37.3 Å². The smallest absolute Gasteiger partial charge is 0.175 e. The van der Waals surface area contributed by atoms with Gasteiger partial charge < -0.3 is 5.32 Å². The predicted octanol–water partition coefficient (Wildman–Crippen LogP) is 3.02. The molecule has 1 N–H and O–H groups in total. The zero-order valence-corrected chi connectivity index (χ0v) is 15.0. The van der Waals surface area contributed by atoms with Gasteiger partial charge in [0.25, 0.3) is 0 Å². The molecule has 128 valence electrons. The largest absolute Gasteiger partial charge is 0.381 e. The Morgan fingerprint density at radius 1 is 1.04 bits per heavy atom. The molecule has 1 heterocycles. The van der Waals surface area contributed by atoms with Crippen molar-refractivity contribution in [2.24, 2.45) is 5.92 Å². The Morgan fingerprint density at radius 3 is 2.33 bits per heavy atom. The van der Waals surface area contributed by atoms with Crippen LogP contribution in [0, 0.1) is 5.92 Å². The van der Waals surface area contributed by atoms with Gasteiger partial charge in [-0.3, -0.25) is 4.90 Å². The molecule has 1 fully saturated rings. The number of likely N-dealkylation sites (tertiary alicyclic amines) is 1. The van der Waals surface area contributed by atoms with E-state index in [4.69, 9.17) is 0 Å². The number of nitrogens with one attached hydrogen (secondary N) is 1. The first kappa shape index (κ1) is 17.0. The van der Waals surface area contributed by atoms with E-state index < -0.39 is 9.84 Å². The summed E-state index contributed by atoms with van der Waals surface area (Å²) in [5.74, 6) is 0.545. The van der Waals surface area contributed by atoms with Crippen LogP contribution < -0.4 is 5.32 Å². The topological polar surface area (TPSA) is 49.4 Å². The van der Waals surface area contributed by atoms with E-state index in [9.17, 15) is 8.42 Å². The van der Waals surface area contributed by atoms with Crippen LogP contribution >= 0.6 is 0 Å². The minimum absolute atomic E-state index is 0.359. The molecule has 0 amide bonds. The lowest BCUT2D eigenvalue weighted by Gasteiger charge is -2.18. The van der Waals surface area contributed by atoms with E-state index in [1.807, 2.05) is 18.2 Å². The summed E-state index contributed by atoms with van der Waals surface area (Å²) in [4.78, 5) is 2.82. The maximum atomic E-state index is 11.5. The first-order valence-corrected chi connectivity index (χ1v) is 10.1. The number of nitrogens with zero attached hydrogens (tertiary/aromatic N) is 1. The van der Waals surface area contributed by atoms with Gasteiger partial charge in [-0.15, -0.1) is 0 Å². The summed E-state index contributed by atoms with van der Waals surface area (Å²) in [5.41, 5.74) is 2.31. The second-order valence-electron chi connectivity index (χ2n) is 6.70. The number of hydrogen-bond donors (Lipinski definition) is 1. The molecule has 1 aliphatic rings. The molecule has 1 saturated heterocycles. The molecule has 4 nitrogen and oxygen atoms in total. The van der Waals surface area contributed by atoms with Gasteiger partial charge in [-0.05, 0) is 35.7 Å². The normalized spacial score (nSPS) is 21.8. The Kier molecular flexibility index (Phi) is 4.92. The van der Waals surface area contributed by atoms with Crippen LogP contribution in [-0.2, 0) is 16.4 Å². The summed E-state index contributed by atoms with van der Waals surface area (Å²) in [6, 6.07) is 17.9. The Balaban J connectivity index is 1.61. The Labute approximate surface area is 144 Å². The van der Waals surface area contributed by atoms with E-state index in [1.165, 1.54) is 11.8 Å². The van der Waals surface area contributed by atoms with Crippen molar-refractivity contribution < 1.29 is 8.42 Å². The Bertz CT molecular complexity index is 773.